The summed E-state index contributed by atoms with van der Waals surface area (Å²) in [4.78, 5) is 32.2. The average molecular weight is 413 g/mol. The smallest absolute Gasteiger partial charge is 0.317 e. The number of fused-ring (bicyclic) bond motifs is 2. The van der Waals surface area contributed by atoms with Crippen LogP contribution in [0.5, 0.6) is 0 Å². The van der Waals surface area contributed by atoms with Crippen LogP contribution in [0.15, 0.2) is 18.2 Å². The molecule has 2 aromatic rings. The highest BCUT2D eigenvalue weighted by Crippen LogP contribution is 2.27. The van der Waals surface area contributed by atoms with E-state index in [1.165, 1.54) is 6.07 Å². The molecule has 1 aromatic carbocycles. The van der Waals surface area contributed by atoms with Crippen molar-refractivity contribution in [2.45, 2.75) is 50.7 Å². The number of nitrogens with zero attached hydrogens (tertiary/aromatic N) is 2. The maximum Gasteiger partial charge on any atom is 0.317 e. The third-order valence-corrected chi connectivity index (χ3v) is 6.96. The van der Waals surface area contributed by atoms with Crippen molar-refractivity contribution in [3.05, 3.63) is 35.3 Å². The molecule has 5 rings (SSSR count). The first-order valence-electron chi connectivity index (χ1n) is 10.9. The van der Waals surface area contributed by atoms with E-state index in [4.69, 9.17) is 0 Å². The van der Waals surface area contributed by atoms with Gasteiger partial charge in [-0.25, -0.2) is 9.18 Å². The molecular weight excluding hydrogens is 385 g/mol. The van der Waals surface area contributed by atoms with Crippen molar-refractivity contribution in [2.24, 2.45) is 0 Å². The molecule has 0 radical (unpaired) electrons. The second kappa shape index (κ2) is 7.58. The highest BCUT2D eigenvalue weighted by molar-refractivity contribution is 5.99. The number of H-pyrrole nitrogens is 1. The Morgan fingerprint density at radius 3 is 2.93 bits per heavy atom. The molecule has 2 aliphatic heterocycles. The molecule has 8 heteroatoms. The fourth-order valence-electron chi connectivity index (χ4n) is 5.30. The molecule has 3 heterocycles. The van der Waals surface area contributed by atoms with Crippen LogP contribution in [0, 0.1) is 12.7 Å². The van der Waals surface area contributed by atoms with Gasteiger partial charge in [0.05, 0.1) is 11.6 Å². The predicted molar refractivity (Wildman–Crippen MR) is 112 cm³/mol. The fourth-order valence-corrected chi connectivity index (χ4v) is 5.30. The SMILES string of the molecule is Cc1ccc(F)c2cc(C(=O)N[C@@H]3CCC[C@H](N4CCN5C(=O)NC[C@H]5C4)C3)[nH]c12. The minimum atomic E-state index is -0.317. The number of rotatable bonds is 3. The Labute approximate surface area is 175 Å². The summed E-state index contributed by atoms with van der Waals surface area (Å²) in [5, 5.41) is 6.55. The second-order valence-corrected chi connectivity index (χ2v) is 8.85. The van der Waals surface area contributed by atoms with Gasteiger partial charge in [-0.05, 0) is 50.3 Å². The molecule has 1 saturated carbocycles. The summed E-state index contributed by atoms with van der Waals surface area (Å²) in [5.41, 5.74) is 2.01. The lowest BCUT2D eigenvalue weighted by atomic mass is 9.89. The molecule has 30 heavy (non-hydrogen) atoms. The van der Waals surface area contributed by atoms with Crippen LogP contribution >= 0.6 is 0 Å². The number of hydrogen-bond acceptors (Lipinski definition) is 3. The van der Waals surface area contributed by atoms with Gasteiger partial charge in [0.1, 0.15) is 11.5 Å². The lowest BCUT2D eigenvalue weighted by Crippen LogP contribution is -2.56. The molecule has 0 unspecified atom stereocenters. The van der Waals surface area contributed by atoms with Crippen LogP contribution in [0.1, 0.15) is 41.7 Å². The molecular formula is C22H28FN5O2. The molecule has 1 aromatic heterocycles. The van der Waals surface area contributed by atoms with Crippen LogP contribution in [0.2, 0.25) is 0 Å². The normalized spacial score (nSPS) is 27.2. The van der Waals surface area contributed by atoms with E-state index < -0.39 is 0 Å². The minimum Gasteiger partial charge on any atom is -0.350 e. The summed E-state index contributed by atoms with van der Waals surface area (Å²) < 4.78 is 14.1. The van der Waals surface area contributed by atoms with Gasteiger partial charge in [-0.1, -0.05) is 6.07 Å². The van der Waals surface area contributed by atoms with Crippen LogP contribution in [0.3, 0.4) is 0 Å². The Morgan fingerprint density at radius 2 is 2.10 bits per heavy atom. The topological polar surface area (TPSA) is 80.5 Å². The zero-order valence-electron chi connectivity index (χ0n) is 17.2. The standard InChI is InChI=1S/C22H28FN5O2/c1-13-5-6-18(23)17-10-19(26-20(13)17)21(29)25-14-3-2-4-15(9-14)27-7-8-28-16(12-27)11-24-22(28)30/h5-6,10,14-16,26H,2-4,7-9,11-12H2,1H3,(H,24,30)(H,25,29)/t14-,15+,16+/m1/s1. The quantitative estimate of drug-likeness (QED) is 0.723. The van der Waals surface area contributed by atoms with Crippen molar-refractivity contribution in [3.8, 4) is 0 Å². The number of hydrogen-bond donors (Lipinski definition) is 3. The number of benzene rings is 1. The third-order valence-electron chi connectivity index (χ3n) is 6.96. The summed E-state index contributed by atoms with van der Waals surface area (Å²) in [6.45, 7) is 5.17. The van der Waals surface area contributed by atoms with E-state index in [2.05, 4.69) is 20.5 Å². The minimum absolute atomic E-state index is 0.0541. The second-order valence-electron chi connectivity index (χ2n) is 8.85. The largest absolute Gasteiger partial charge is 0.350 e. The van der Waals surface area contributed by atoms with Gasteiger partial charge in [-0.2, -0.15) is 0 Å². The molecule has 3 N–H and O–H groups in total. The maximum absolute atomic E-state index is 14.1. The Kier molecular flexibility index (Phi) is 4.89. The number of carbonyl (C=O) groups excluding carboxylic acids is 2. The van der Waals surface area contributed by atoms with E-state index in [0.29, 0.717) is 22.6 Å². The van der Waals surface area contributed by atoms with E-state index in [1.807, 2.05) is 11.8 Å². The van der Waals surface area contributed by atoms with Gasteiger partial charge in [0.25, 0.3) is 5.91 Å². The summed E-state index contributed by atoms with van der Waals surface area (Å²) in [7, 11) is 0. The first-order valence-corrected chi connectivity index (χ1v) is 10.9. The van der Waals surface area contributed by atoms with Gasteiger partial charge in [-0.3, -0.25) is 9.69 Å². The highest BCUT2D eigenvalue weighted by atomic mass is 19.1. The molecule has 0 bridgehead atoms. The zero-order chi connectivity index (χ0) is 20.8. The average Bonchev–Trinajstić information content (AvgIpc) is 3.36. The van der Waals surface area contributed by atoms with E-state index in [0.717, 1.165) is 57.4 Å². The number of nitrogens with one attached hydrogen (secondary N) is 3. The third kappa shape index (κ3) is 3.43. The van der Waals surface area contributed by atoms with Gasteiger partial charge in [-0.15, -0.1) is 0 Å². The Morgan fingerprint density at radius 1 is 1.23 bits per heavy atom. The molecule has 2 saturated heterocycles. The van der Waals surface area contributed by atoms with Gasteiger partial charge in [0, 0.05) is 43.6 Å². The Bertz CT molecular complexity index is 950. The van der Waals surface area contributed by atoms with Crippen LogP contribution in [0.25, 0.3) is 10.9 Å². The number of piperazine rings is 1. The number of amides is 3. The lowest BCUT2D eigenvalue weighted by molar-refractivity contribution is 0.0630. The fraction of sp³-hybridized carbons (Fsp3) is 0.545. The summed E-state index contributed by atoms with van der Waals surface area (Å²) in [6.07, 6.45) is 4.06. The van der Waals surface area contributed by atoms with Gasteiger partial charge in [0.2, 0.25) is 0 Å². The molecule has 160 valence electrons. The number of aromatic nitrogens is 1. The predicted octanol–water partition coefficient (Wildman–Crippen LogP) is 2.37. The number of aromatic amines is 1. The number of urea groups is 1. The molecule has 0 spiro atoms. The molecule has 3 aliphatic rings. The molecule has 7 nitrogen and oxygen atoms in total. The van der Waals surface area contributed by atoms with Crippen LogP contribution in [0.4, 0.5) is 9.18 Å². The summed E-state index contributed by atoms with van der Waals surface area (Å²) in [6, 6.07) is 5.60. The molecule has 3 atom stereocenters. The van der Waals surface area contributed by atoms with Crippen molar-refractivity contribution in [2.75, 3.05) is 26.2 Å². The van der Waals surface area contributed by atoms with E-state index in [1.54, 1.807) is 12.1 Å². The summed E-state index contributed by atoms with van der Waals surface area (Å²) in [5.74, 6) is -0.492. The molecule has 3 fully saturated rings. The number of halogens is 1. The van der Waals surface area contributed by atoms with Gasteiger partial charge in [0.15, 0.2) is 0 Å². The summed E-state index contributed by atoms with van der Waals surface area (Å²) >= 11 is 0. The van der Waals surface area contributed by atoms with Crippen molar-refractivity contribution in [1.29, 1.82) is 0 Å². The van der Waals surface area contributed by atoms with Crippen LogP contribution in [-0.2, 0) is 0 Å². The van der Waals surface area contributed by atoms with Crippen molar-refractivity contribution in [3.63, 3.8) is 0 Å². The molecule has 3 amide bonds. The van der Waals surface area contributed by atoms with Crippen LogP contribution < -0.4 is 10.6 Å². The number of carbonyl (C=O) groups is 2. The van der Waals surface area contributed by atoms with Gasteiger partial charge >= 0.3 is 6.03 Å². The van der Waals surface area contributed by atoms with Crippen molar-refractivity contribution in [1.82, 2.24) is 25.4 Å². The van der Waals surface area contributed by atoms with E-state index in [9.17, 15) is 14.0 Å². The first-order chi connectivity index (χ1) is 14.5. The monoisotopic (exact) mass is 413 g/mol. The maximum atomic E-state index is 14.1. The highest BCUT2D eigenvalue weighted by Gasteiger charge is 2.38. The Balaban J connectivity index is 1.23. The van der Waals surface area contributed by atoms with Crippen molar-refractivity contribution < 1.29 is 14.0 Å². The molecule has 1 aliphatic carbocycles. The first kappa shape index (κ1) is 19.4. The number of aryl methyl sites for hydroxylation is 1. The lowest BCUT2D eigenvalue weighted by Gasteiger charge is -2.43. The van der Waals surface area contributed by atoms with E-state index in [-0.39, 0.29) is 29.8 Å². The zero-order valence-corrected chi connectivity index (χ0v) is 17.2. The van der Waals surface area contributed by atoms with Gasteiger partial charge < -0.3 is 20.5 Å². The van der Waals surface area contributed by atoms with Crippen molar-refractivity contribution >= 4 is 22.8 Å². The van der Waals surface area contributed by atoms with E-state index >= 15 is 0 Å². The van der Waals surface area contributed by atoms with Crippen LogP contribution in [-0.4, -0.2) is 71.0 Å². The Hall–Kier alpha value is -2.61.